The highest BCUT2D eigenvalue weighted by Gasteiger charge is 2.31. The van der Waals surface area contributed by atoms with Crippen LogP contribution >= 0.6 is 35.3 Å². The van der Waals surface area contributed by atoms with Crippen molar-refractivity contribution in [1.29, 1.82) is 0 Å². The fourth-order valence-corrected chi connectivity index (χ4v) is 4.50. The lowest BCUT2D eigenvalue weighted by molar-refractivity contribution is -0.122. The van der Waals surface area contributed by atoms with Crippen molar-refractivity contribution in [2.45, 2.75) is 6.42 Å². The summed E-state index contributed by atoms with van der Waals surface area (Å²) < 4.78 is 11.2. The van der Waals surface area contributed by atoms with Crippen LogP contribution in [-0.2, 0) is 11.2 Å². The van der Waals surface area contributed by atoms with Crippen LogP contribution in [-0.4, -0.2) is 35.9 Å². The van der Waals surface area contributed by atoms with Gasteiger partial charge in [-0.3, -0.25) is 9.69 Å². The van der Waals surface area contributed by atoms with Crippen LogP contribution in [0.5, 0.6) is 11.5 Å². The number of rotatable bonds is 6. The number of thioether (sulfide) groups is 1. The van der Waals surface area contributed by atoms with Gasteiger partial charge in [0.05, 0.1) is 19.1 Å². The van der Waals surface area contributed by atoms with Gasteiger partial charge in [-0.25, -0.2) is 0 Å². The van der Waals surface area contributed by atoms with Gasteiger partial charge in [0.1, 0.15) is 4.32 Å². The van der Waals surface area contributed by atoms with Gasteiger partial charge in [0.25, 0.3) is 5.91 Å². The largest absolute Gasteiger partial charge is 0.493 e. The second kappa shape index (κ2) is 8.03. The third kappa shape index (κ3) is 4.05. The molecule has 0 unspecified atom stereocenters. The molecule has 1 aliphatic rings. The number of carbonyl (C=O) groups excluding carboxylic acids is 1. The second-order valence-corrected chi connectivity index (χ2v) is 7.94. The second-order valence-electron chi connectivity index (χ2n) is 5.29. The molecule has 1 amide bonds. The predicted octanol–water partition coefficient (Wildman–Crippen LogP) is 4.21. The van der Waals surface area contributed by atoms with Crippen molar-refractivity contribution in [3.63, 3.8) is 0 Å². The molecule has 3 rings (SSSR count). The first kappa shape index (κ1) is 18.0. The summed E-state index contributed by atoms with van der Waals surface area (Å²) >= 11 is 8.34. The zero-order valence-corrected chi connectivity index (χ0v) is 16.3. The van der Waals surface area contributed by atoms with Crippen molar-refractivity contribution < 1.29 is 14.3 Å². The minimum absolute atomic E-state index is 0.0242. The van der Waals surface area contributed by atoms with Crippen molar-refractivity contribution in [2.75, 3.05) is 20.8 Å². The van der Waals surface area contributed by atoms with E-state index in [1.54, 1.807) is 30.5 Å². The molecule has 4 nitrogen and oxygen atoms in total. The van der Waals surface area contributed by atoms with E-state index in [-0.39, 0.29) is 5.91 Å². The average Bonchev–Trinajstić information content (AvgIpc) is 3.22. The topological polar surface area (TPSA) is 38.8 Å². The molecule has 130 valence electrons. The summed E-state index contributed by atoms with van der Waals surface area (Å²) in [5, 5.41) is 1.99. The van der Waals surface area contributed by atoms with Gasteiger partial charge in [0.15, 0.2) is 11.5 Å². The van der Waals surface area contributed by atoms with Gasteiger partial charge in [-0.05, 0) is 41.6 Å². The Bertz CT molecular complexity index is 815. The van der Waals surface area contributed by atoms with Gasteiger partial charge in [-0.2, -0.15) is 0 Å². The van der Waals surface area contributed by atoms with Gasteiger partial charge >= 0.3 is 0 Å². The maximum atomic E-state index is 12.6. The smallest absolute Gasteiger partial charge is 0.266 e. The summed E-state index contributed by atoms with van der Waals surface area (Å²) in [5.74, 6) is 1.35. The van der Waals surface area contributed by atoms with Gasteiger partial charge in [-0.15, -0.1) is 11.3 Å². The lowest BCUT2D eigenvalue weighted by atomic mass is 10.1. The number of benzene rings is 1. The number of carbonyl (C=O) groups is 1. The molecule has 0 atom stereocenters. The van der Waals surface area contributed by atoms with E-state index in [1.165, 1.54) is 11.8 Å². The van der Waals surface area contributed by atoms with E-state index >= 15 is 0 Å². The molecule has 1 fully saturated rings. The highest BCUT2D eigenvalue weighted by atomic mass is 32.2. The number of amides is 1. The normalized spacial score (nSPS) is 15.9. The van der Waals surface area contributed by atoms with Crippen LogP contribution in [0.25, 0.3) is 6.08 Å². The zero-order valence-electron chi connectivity index (χ0n) is 13.9. The Kier molecular flexibility index (Phi) is 5.78. The predicted molar refractivity (Wildman–Crippen MR) is 107 cm³/mol. The Hall–Kier alpha value is -1.83. The lowest BCUT2D eigenvalue weighted by Gasteiger charge is -2.15. The lowest BCUT2D eigenvalue weighted by Crippen LogP contribution is -2.30. The summed E-state index contributed by atoms with van der Waals surface area (Å²) in [6.07, 6.45) is 2.60. The van der Waals surface area contributed by atoms with E-state index in [0.29, 0.717) is 33.7 Å². The highest BCUT2D eigenvalue weighted by molar-refractivity contribution is 8.26. The number of thiocarbonyl (C=S) groups is 1. The SMILES string of the molecule is COc1ccc(CCN2C(=O)/C(=C/c3cccs3)SC2=S)cc1OC. The minimum atomic E-state index is -0.0242. The quantitative estimate of drug-likeness (QED) is 0.545. The third-order valence-electron chi connectivity index (χ3n) is 3.76. The molecule has 1 saturated heterocycles. The number of thiophene rings is 1. The number of nitrogens with zero attached hydrogens (tertiary/aromatic N) is 1. The van der Waals surface area contributed by atoms with Crippen molar-refractivity contribution >= 4 is 51.6 Å². The van der Waals surface area contributed by atoms with E-state index in [1.807, 2.05) is 41.8 Å². The fourth-order valence-electron chi connectivity index (χ4n) is 2.47. The first-order valence-corrected chi connectivity index (χ1v) is 9.72. The zero-order chi connectivity index (χ0) is 17.8. The Morgan fingerprint density at radius 3 is 2.68 bits per heavy atom. The molecule has 1 aliphatic heterocycles. The molecule has 7 heteroatoms. The summed E-state index contributed by atoms with van der Waals surface area (Å²) in [5.41, 5.74) is 1.06. The van der Waals surface area contributed by atoms with Crippen molar-refractivity contribution in [3.05, 3.63) is 51.1 Å². The van der Waals surface area contributed by atoms with Crippen LogP contribution < -0.4 is 9.47 Å². The fraction of sp³-hybridized carbons (Fsp3) is 0.222. The monoisotopic (exact) mass is 391 g/mol. The Labute approximate surface area is 160 Å². The van der Waals surface area contributed by atoms with Crippen LogP contribution in [0.4, 0.5) is 0 Å². The molecule has 2 heterocycles. The number of methoxy groups -OCH3 is 2. The van der Waals surface area contributed by atoms with Crippen LogP contribution in [0.1, 0.15) is 10.4 Å². The van der Waals surface area contributed by atoms with Crippen LogP contribution in [0.3, 0.4) is 0 Å². The molecule has 1 aromatic carbocycles. The number of hydrogen-bond donors (Lipinski definition) is 0. The highest BCUT2D eigenvalue weighted by Crippen LogP contribution is 2.34. The van der Waals surface area contributed by atoms with Gasteiger partial charge < -0.3 is 9.47 Å². The Morgan fingerprint density at radius 2 is 2.00 bits per heavy atom. The molecule has 1 aromatic heterocycles. The maximum Gasteiger partial charge on any atom is 0.266 e. The molecule has 0 aliphatic carbocycles. The molecular weight excluding hydrogens is 374 g/mol. The molecule has 0 N–H and O–H groups in total. The van der Waals surface area contributed by atoms with Gasteiger partial charge in [0.2, 0.25) is 0 Å². The van der Waals surface area contributed by atoms with Crippen LogP contribution in [0.15, 0.2) is 40.6 Å². The molecular formula is C18H17NO3S3. The summed E-state index contributed by atoms with van der Waals surface area (Å²) in [7, 11) is 3.22. The summed E-state index contributed by atoms with van der Waals surface area (Å²) in [4.78, 5) is 16.0. The maximum absolute atomic E-state index is 12.6. The van der Waals surface area contributed by atoms with Crippen molar-refractivity contribution in [3.8, 4) is 11.5 Å². The Balaban J connectivity index is 1.69. The van der Waals surface area contributed by atoms with E-state index in [2.05, 4.69) is 0 Å². The van der Waals surface area contributed by atoms with Gasteiger partial charge in [-0.1, -0.05) is 36.1 Å². The first-order chi connectivity index (χ1) is 12.1. The molecule has 2 aromatic rings. The van der Waals surface area contributed by atoms with Crippen LogP contribution in [0, 0.1) is 0 Å². The molecule has 25 heavy (non-hydrogen) atoms. The van der Waals surface area contributed by atoms with E-state index in [0.717, 1.165) is 10.4 Å². The van der Waals surface area contributed by atoms with E-state index in [9.17, 15) is 4.79 Å². The minimum Gasteiger partial charge on any atom is -0.493 e. The molecule has 0 radical (unpaired) electrons. The third-order valence-corrected chi connectivity index (χ3v) is 5.96. The van der Waals surface area contributed by atoms with Crippen molar-refractivity contribution in [2.24, 2.45) is 0 Å². The number of ether oxygens (including phenoxy) is 2. The van der Waals surface area contributed by atoms with Crippen LogP contribution in [0.2, 0.25) is 0 Å². The average molecular weight is 392 g/mol. The molecule has 0 bridgehead atoms. The summed E-state index contributed by atoms with van der Waals surface area (Å²) in [6.45, 7) is 0.544. The number of hydrogen-bond acceptors (Lipinski definition) is 6. The van der Waals surface area contributed by atoms with Gasteiger partial charge in [0, 0.05) is 11.4 Å². The standard InChI is InChI=1S/C18H17NO3S3/c1-21-14-6-5-12(10-15(14)22-2)7-8-19-17(20)16(25-18(19)23)11-13-4-3-9-24-13/h3-6,9-11H,7-8H2,1-2H3/b16-11-. The Morgan fingerprint density at radius 1 is 1.20 bits per heavy atom. The summed E-state index contributed by atoms with van der Waals surface area (Å²) in [6, 6.07) is 9.72. The van der Waals surface area contributed by atoms with E-state index < -0.39 is 0 Å². The van der Waals surface area contributed by atoms with Crippen molar-refractivity contribution in [1.82, 2.24) is 4.90 Å². The first-order valence-electron chi connectivity index (χ1n) is 7.62. The van der Waals surface area contributed by atoms with E-state index in [4.69, 9.17) is 21.7 Å². The molecule has 0 saturated carbocycles. The molecule has 0 spiro atoms.